The first-order valence-corrected chi connectivity index (χ1v) is 9.44. The first kappa shape index (κ1) is 15.6. The van der Waals surface area contributed by atoms with Crippen LogP contribution >= 0.6 is 11.6 Å². The molecular formula is C15H18ClN3O2S. The molecule has 0 bridgehead atoms. The molecule has 0 aromatic heterocycles. The average molecular weight is 340 g/mol. The molecule has 2 heterocycles. The molecule has 3 rings (SSSR count). The van der Waals surface area contributed by atoms with Crippen molar-refractivity contribution in [2.45, 2.75) is 25.3 Å². The summed E-state index contributed by atoms with van der Waals surface area (Å²) in [5.41, 5.74) is 1.41. The molecule has 1 aromatic carbocycles. The number of piperidine rings is 1. The highest BCUT2D eigenvalue weighted by Gasteiger charge is 2.36. The van der Waals surface area contributed by atoms with Crippen molar-refractivity contribution >= 4 is 27.3 Å². The van der Waals surface area contributed by atoms with Crippen LogP contribution in [-0.2, 0) is 10.0 Å². The summed E-state index contributed by atoms with van der Waals surface area (Å²) in [6.07, 6.45) is 2.55. The number of anilines is 1. The largest absolute Gasteiger partial charge is 0.369 e. The number of sulfonamides is 1. The summed E-state index contributed by atoms with van der Waals surface area (Å²) in [4.78, 5) is 2.13. The van der Waals surface area contributed by atoms with Crippen molar-refractivity contribution in [1.82, 2.24) is 4.31 Å². The Labute approximate surface area is 136 Å². The Morgan fingerprint density at radius 3 is 2.73 bits per heavy atom. The van der Waals surface area contributed by atoms with Gasteiger partial charge in [-0.2, -0.15) is 9.57 Å². The first-order valence-electron chi connectivity index (χ1n) is 7.45. The molecule has 0 radical (unpaired) electrons. The highest BCUT2D eigenvalue weighted by atomic mass is 35.5. The molecule has 0 saturated carbocycles. The van der Waals surface area contributed by atoms with Gasteiger partial charge in [0.05, 0.1) is 28.1 Å². The molecule has 1 atom stereocenters. The predicted molar refractivity (Wildman–Crippen MR) is 86.5 cm³/mol. The summed E-state index contributed by atoms with van der Waals surface area (Å²) in [5.74, 6) is 0.265. The Bertz CT molecular complexity index is 714. The van der Waals surface area contributed by atoms with Crippen molar-refractivity contribution in [2.24, 2.45) is 0 Å². The maximum atomic E-state index is 12.1. The summed E-state index contributed by atoms with van der Waals surface area (Å²) in [6, 6.07) is 7.35. The number of benzene rings is 1. The van der Waals surface area contributed by atoms with Gasteiger partial charge in [0.2, 0.25) is 10.0 Å². The molecule has 0 spiro atoms. The third-order valence-electron chi connectivity index (χ3n) is 4.36. The van der Waals surface area contributed by atoms with Gasteiger partial charge in [-0.1, -0.05) is 11.6 Å². The Balaban J connectivity index is 1.80. The van der Waals surface area contributed by atoms with Gasteiger partial charge in [-0.25, -0.2) is 8.42 Å². The topological polar surface area (TPSA) is 64.4 Å². The van der Waals surface area contributed by atoms with Crippen molar-refractivity contribution in [3.05, 3.63) is 28.8 Å². The zero-order chi connectivity index (χ0) is 15.7. The number of halogens is 1. The molecule has 5 nitrogen and oxygen atoms in total. The Morgan fingerprint density at radius 2 is 2.09 bits per heavy atom. The second-order valence-electron chi connectivity index (χ2n) is 5.80. The molecule has 22 heavy (non-hydrogen) atoms. The third-order valence-corrected chi connectivity index (χ3v) is 6.66. The zero-order valence-corrected chi connectivity index (χ0v) is 13.8. The van der Waals surface area contributed by atoms with E-state index in [9.17, 15) is 8.42 Å². The minimum atomic E-state index is -3.08. The van der Waals surface area contributed by atoms with Crippen LogP contribution in [0.25, 0.3) is 0 Å². The lowest BCUT2D eigenvalue weighted by atomic mass is 10.0. The summed E-state index contributed by atoms with van der Waals surface area (Å²) >= 11 is 6.28. The lowest BCUT2D eigenvalue weighted by Gasteiger charge is -2.38. The minimum Gasteiger partial charge on any atom is -0.369 e. The Morgan fingerprint density at radius 1 is 1.27 bits per heavy atom. The monoisotopic (exact) mass is 339 g/mol. The zero-order valence-electron chi connectivity index (χ0n) is 12.2. The first-order chi connectivity index (χ1) is 10.5. The van der Waals surface area contributed by atoms with Crippen molar-refractivity contribution in [2.75, 3.05) is 30.3 Å². The van der Waals surface area contributed by atoms with Gasteiger partial charge in [-0.05, 0) is 37.5 Å². The van der Waals surface area contributed by atoms with Crippen molar-refractivity contribution in [1.29, 1.82) is 5.26 Å². The fourth-order valence-corrected chi connectivity index (χ4v) is 5.37. The molecule has 1 aromatic rings. The van der Waals surface area contributed by atoms with Crippen LogP contribution < -0.4 is 4.90 Å². The fraction of sp³-hybridized carbons (Fsp3) is 0.533. The van der Waals surface area contributed by atoms with Gasteiger partial charge in [0.15, 0.2) is 0 Å². The number of hydrogen-bond acceptors (Lipinski definition) is 4. The van der Waals surface area contributed by atoms with Gasteiger partial charge in [-0.3, -0.25) is 0 Å². The molecule has 2 fully saturated rings. The molecule has 2 aliphatic heterocycles. The lowest BCUT2D eigenvalue weighted by molar-refractivity contribution is 0.299. The quantitative estimate of drug-likeness (QED) is 0.828. The van der Waals surface area contributed by atoms with Crippen LogP contribution in [0.5, 0.6) is 0 Å². The highest BCUT2D eigenvalue weighted by Crippen LogP contribution is 2.31. The highest BCUT2D eigenvalue weighted by molar-refractivity contribution is 7.89. The third kappa shape index (κ3) is 2.94. The van der Waals surface area contributed by atoms with E-state index in [1.807, 2.05) is 6.07 Å². The maximum Gasteiger partial charge on any atom is 0.214 e. The van der Waals surface area contributed by atoms with Crippen LogP contribution in [-0.4, -0.2) is 44.2 Å². The van der Waals surface area contributed by atoms with E-state index in [0.29, 0.717) is 23.7 Å². The SMILES string of the molecule is N#Cc1ccc(N2CCCC(N3CCCS3(=O)=O)C2)c(Cl)c1. The van der Waals surface area contributed by atoms with Crippen LogP contribution in [0.3, 0.4) is 0 Å². The number of rotatable bonds is 2. The van der Waals surface area contributed by atoms with Crippen LogP contribution in [0.2, 0.25) is 5.02 Å². The van der Waals surface area contributed by atoms with Gasteiger partial charge in [0.25, 0.3) is 0 Å². The number of hydrogen-bond donors (Lipinski definition) is 0. The van der Waals surface area contributed by atoms with Crippen molar-refractivity contribution in [3.63, 3.8) is 0 Å². The number of nitrogens with zero attached hydrogens (tertiary/aromatic N) is 3. The van der Waals surface area contributed by atoms with E-state index in [4.69, 9.17) is 16.9 Å². The van der Waals surface area contributed by atoms with E-state index < -0.39 is 10.0 Å². The minimum absolute atomic E-state index is 0.0213. The van der Waals surface area contributed by atoms with E-state index >= 15 is 0 Å². The molecule has 2 aliphatic rings. The Hall–Kier alpha value is -1.29. The second-order valence-corrected chi connectivity index (χ2v) is 8.25. The Kier molecular flexibility index (Phi) is 4.31. The van der Waals surface area contributed by atoms with Gasteiger partial charge in [-0.15, -0.1) is 0 Å². The fourth-order valence-electron chi connectivity index (χ4n) is 3.31. The lowest BCUT2D eigenvalue weighted by Crippen LogP contribution is -2.48. The molecule has 2 saturated heterocycles. The smallest absolute Gasteiger partial charge is 0.214 e. The van der Waals surface area contributed by atoms with E-state index in [1.54, 1.807) is 16.4 Å². The van der Waals surface area contributed by atoms with E-state index in [1.165, 1.54) is 0 Å². The molecule has 0 amide bonds. The molecule has 118 valence electrons. The molecule has 0 N–H and O–H groups in total. The van der Waals surface area contributed by atoms with Crippen LogP contribution in [0, 0.1) is 11.3 Å². The summed E-state index contributed by atoms with van der Waals surface area (Å²) in [7, 11) is -3.08. The molecular weight excluding hydrogens is 322 g/mol. The summed E-state index contributed by atoms with van der Waals surface area (Å²) in [6.45, 7) is 2.14. The van der Waals surface area contributed by atoms with Crippen LogP contribution in [0.4, 0.5) is 5.69 Å². The predicted octanol–water partition coefficient (Wildman–Crippen LogP) is 2.22. The molecule has 0 aliphatic carbocycles. The molecule has 1 unspecified atom stereocenters. The van der Waals surface area contributed by atoms with E-state index in [-0.39, 0.29) is 11.8 Å². The summed E-state index contributed by atoms with van der Waals surface area (Å²) in [5, 5.41) is 9.46. The van der Waals surface area contributed by atoms with Gasteiger partial charge < -0.3 is 4.90 Å². The summed E-state index contributed by atoms with van der Waals surface area (Å²) < 4.78 is 25.9. The molecule has 7 heteroatoms. The maximum absolute atomic E-state index is 12.1. The van der Waals surface area contributed by atoms with Crippen molar-refractivity contribution in [3.8, 4) is 6.07 Å². The van der Waals surface area contributed by atoms with Gasteiger partial charge in [0.1, 0.15) is 0 Å². The van der Waals surface area contributed by atoms with Crippen LogP contribution in [0.1, 0.15) is 24.8 Å². The average Bonchev–Trinajstić information content (AvgIpc) is 2.86. The van der Waals surface area contributed by atoms with E-state index in [2.05, 4.69) is 11.0 Å². The van der Waals surface area contributed by atoms with E-state index in [0.717, 1.165) is 31.5 Å². The van der Waals surface area contributed by atoms with Crippen LogP contribution in [0.15, 0.2) is 18.2 Å². The van der Waals surface area contributed by atoms with Gasteiger partial charge in [0, 0.05) is 25.7 Å². The van der Waals surface area contributed by atoms with Crippen molar-refractivity contribution < 1.29 is 8.42 Å². The normalized spacial score (nSPS) is 25.1. The van der Waals surface area contributed by atoms with Gasteiger partial charge >= 0.3 is 0 Å². The standard InChI is InChI=1S/C15H18ClN3O2S/c16-14-9-12(10-17)4-5-15(14)18-6-1-3-13(11-18)19-7-2-8-22(19,20)21/h4-5,9,13H,1-3,6-8,11H2. The number of nitriles is 1. The second kappa shape index (κ2) is 6.07.